The summed E-state index contributed by atoms with van der Waals surface area (Å²) in [6.07, 6.45) is 0. The van der Waals surface area contributed by atoms with Crippen molar-refractivity contribution in [3.63, 3.8) is 0 Å². The lowest BCUT2D eigenvalue weighted by atomic mass is 10.3. The normalized spacial score (nSPS) is 9.80. The van der Waals surface area contributed by atoms with Crippen molar-refractivity contribution in [2.75, 3.05) is 0 Å². The molecule has 0 aliphatic heterocycles. The Bertz CT molecular complexity index is 54.3. The van der Waals surface area contributed by atoms with Gasteiger partial charge in [-0.05, 0) is 0 Å². The van der Waals surface area contributed by atoms with E-state index in [-0.39, 0.29) is 4.70 Å². The summed E-state index contributed by atoms with van der Waals surface area (Å²) in [5.74, 6) is 1.86. The van der Waals surface area contributed by atoms with Crippen molar-refractivity contribution in [1.82, 2.24) is 0 Å². The van der Waals surface area contributed by atoms with Crippen LogP contribution in [0.1, 0.15) is 27.7 Å². The summed E-state index contributed by atoms with van der Waals surface area (Å²) in [6.45, 7) is 9.25. The standard InChI is InChI=1S/2C4H9.Al.FH/c2*1-4(2)3;;/h2*4H,1H2,2-3H3;;1H. The highest BCUT2D eigenvalue weighted by atomic mass is 27.1. The maximum atomic E-state index is 2.31. The van der Waals surface area contributed by atoms with E-state index in [1.54, 1.807) is 0 Å². The predicted octanol–water partition coefficient (Wildman–Crippen LogP) is 2.99. The molecule has 10 heavy (non-hydrogen) atoms. The molecule has 2 heteroatoms. The first kappa shape index (κ1) is 13.1. The van der Waals surface area contributed by atoms with Crippen LogP contribution in [0.25, 0.3) is 0 Å². The summed E-state index contributed by atoms with van der Waals surface area (Å²) in [7, 11) is 0. The zero-order valence-electron chi connectivity index (χ0n) is 7.55. The molecule has 0 aromatic carbocycles. The summed E-state index contributed by atoms with van der Waals surface area (Å²) in [6, 6.07) is 0. The summed E-state index contributed by atoms with van der Waals surface area (Å²) in [4.78, 5) is 0. The van der Waals surface area contributed by atoms with E-state index in [0.29, 0.717) is 0 Å². The molecular weight excluding hydrogens is 142 g/mol. The molecular formula is C8H19AlF. The third-order valence-corrected chi connectivity index (χ3v) is 3.83. The smallest absolute Gasteiger partial charge is 0.200 e. The summed E-state index contributed by atoms with van der Waals surface area (Å²) in [5.41, 5.74) is 0. The zero-order valence-corrected chi connectivity index (χ0v) is 8.71. The fraction of sp³-hybridized carbons (Fsp3) is 1.00. The third-order valence-electron chi connectivity index (χ3n) is 1.28. The fourth-order valence-electron chi connectivity index (χ4n) is 0.763. The molecule has 0 atom stereocenters. The molecule has 0 heterocycles. The van der Waals surface area contributed by atoms with Gasteiger partial charge in [-0.25, -0.2) is 0 Å². The van der Waals surface area contributed by atoms with Gasteiger partial charge in [0.1, 0.15) is 0 Å². The largest absolute Gasteiger partial charge is 0.269 e. The molecule has 0 rings (SSSR count). The topological polar surface area (TPSA) is 0 Å². The molecule has 0 unspecified atom stereocenters. The average Bonchev–Trinajstić information content (AvgIpc) is 1.63. The summed E-state index contributed by atoms with van der Waals surface area (Å²) >= 11 is 0.755. The second-order valence-electron chi connectivity index (χ2n) is 3.55. The van der Waals surface area contributed by atoms with Crippen LogP contribution in [0.3, 0.4) is 0 Å². The maximum absolute atomic E-state index is 2.31. The first-order valence-electron chi connectivity index (χ1n) is 3.94. The molecule has 0 saturated heterocycles. The van der Waals surface area contributed by atoms with Crippen LogP contribution >= 0.6 is 0 Å². The second-order valence-corrected chi connectivity index (χ2v) is 5.07. The number of hydrogen-bond acceptors (Lipinski definition) is 0. The van der Waals surface area contributed by atoms with Gasteiger partial charge >= 0.3 is 0 Å². The van der Waals surface area contributed by atoms with Crippen molar-refractivity contribution >= 4 is 15.2 Å². The lowest BCUT2D eigenvalue weighted by molar-refractivity contribution is 0.700. The fourth-order valence-corrected chi connectivity index (χ4v) is 2.29. The predicted molar refractivity (Wildman–Crippen MR) is 47.5 cm³/mol. The monoisotopic (exact) mass is 161 g/mol. The average molecular weight is 161 g/mol. The minimum absolute atomic E-state index is 0. The Morgan fingerprint density at radius 2 is 1.20 bits per heavy atom. The number of rotatable bonds is 4. The molecule has 61 valence electrons. The van der Waals surface area contributed by atoms with Crippen LogP contribution in [-0.4, -0.2) is 15.2 Å². The minimum atomic E-state index is 0. The van der Waals surface area contributed by atoms with E-state index in [2.05, 4.69) is 27.7 Å². The maximum Gasteiger partial charge on any atom is 0.200 e. The van der Waals surface area contributed by atoms with Crippen molar-refractivity contribution < 1.29 is 4.70 Å². The van der Waals surface area contributed by atoms with Gasteiger partial charge < -0.3 is 0 Å². The molecule has 0 fully saturated rings. The van der Waals surface area contributed by atoms with E-state index in [0.717, 1.165) is 27.1 Å². The van der Waals surface area contributed by atoms with Gasteiger partial charge in [-0.1, -0.05) is 39.5 Å². The zero-order chi connectivity index (χ0) is 7.28. The Hall–Kier alpha value is 0.462. The van der Waals surface area contributed by atoms with E-state index in [1.807, 2.05) is 0 Å². The van der Waals surface area contributed by atoms with Gasteiger partial charge in [-0.3, -0.25) is 4.70 Å². The molecule has 0 N–H and O–H groups in total. The molecule has 0 aliphatic carbocycles. The Kier molecular flexibility index (Phi) is 9.90. The van der Waals surface area contributed by atoms with E-state index >= 15 is 0 Å². The molecule has 0 aromatic heterocycles. The Labute approximate surface area is 70.5 Å². The van der Waals surface area contributed by atoms with E-state index in [1.165, 1.54) is 10.6 Å². The van der Waals surface area contributed by atoms with Gasteiger partial charge in [0.25, 0.3) is 0 Å². The lowest BCUT2D eigenvalue weighted by Crippen LogP contribution is -1.99. The van der Waals surface area contributed by atoms with Gasteiger partial charge in [0.15, 0.2) is 0 Å². The van der Waals surface area contributed by atoms with Crippen molar-refractivity contribution in [3.8, 4) is 0 Å². The Balaban J connectivity index is 0. The van der Waals surface area contributed by atoms with Crippen LogP contribution < -0.4 is 0 Å². The third kappa shape index (κ3) is 11.3. The quantitative estimate of drug-likeness (QED) is 0.556. The van der Waals surface area contributed by atoms with Crippen LogP contribution in [-0.2, 0) is 0 Å². The molecule has 0 nitrogen and oxygen atoms in total. The highest BCUT2D eigenvalue weighted by molar-refractivity contribution is 6.35. The van der Waals surface area contributed by atoms with Crippen LogP contribution in [0.4, 0.5) is 4.70 Å². The van der Waals surface area contributed by atoms with Gasteiger partial charge in [-0.2, -0.15) is 0 Å². The van der Waals surface area contributed by atoms with E-state index in [4.69, 9.17) is 0 Å². The van der Waals surface area contributed by atoms with Crippen LogP contribution in [0, 0.1) is 11.8 Å². The van der Waals surface area contributed by atoms with Gasteiger partial charge in [0.2, 0.25) is 15.2 Å². The summed E-state index contributed by atoms with van der Waals surface area (Å²) < 4.78 is 0. The van der Waals surface area contributed by atoms with Crippen molar-refractivity contribution in [1.29, 1.82) is 0 Å². The Morgan fingerprint density at radius 3 is 1.40 bits per heavy atom. The lowest BCUT2D eigenvalue weighted by Gasteiger charge is -2.03. The highest BCUT2D eigenvalue weighted by Crippen LogP contribution is 2.05. The molecule has 0 aromatic rings. The summed E-state index contributed by atoms with van der Waals surface area (Å²) in [5, 5.41) is 2.97. The molecule has 0 spiro atoms. The first-order chi connectivity index (χ1) is 4.13. The first-order valence-corrected chi connectivity index (χ1v) is 5.58. The highest BCUT2D eigenvalue weighted by Gasteiger charge is 1.98. The minimum Gasteiger partial charge on any atom is -0.269 e. The molecule has 0 amide bonds. The van der Waals surface area contributed by atoms with Crippen molar-refractivity contribution in [2.45, 2.75) is 38.3 Å². The van der Waals surface area contributed by atoms with Gasteiger partial charge in [0, 0.05) is 0 Å². The van der Waals surface area contributed by atoms with Crippen LogP contribution in [0.5, 0.6) is 0 Å². The van der Waals surface area contributed by atoms with Crippen LogP contribution in [0.2, 0.25) is 10.6 Å². The molecule has 1 radical (unpaired) electrons. The van der Waals surface area contributed by atoms with Gasteiger partial charge in [0.05, 0.1) is 0 Å². The second kappa shape index (κ2) is 7.57. The molecule has 0 aliphatic rings. The molecule has 0 bridgehead atoms. The number of halogens is 1. The van der Waals surface area contributed by atoms with E-state index < -0.39 is 0 Å². The van der Waals surface area contributed by atoms with Crippen LogP contribution in [0.15, 0.2) is 0 Å². The van der Waals surface area contributed by atoms with Crippen molar-refractivity contribution in [3.05, 3.63) is 0 Å². The number of hydrogen-bond donors (Lipinski definition) is 0. The van der Waals surface area contributed by atoms with Gasteiger partial charge in [-0.15, -0.1) is 10.6 Å². The Morgan fingerprint density at radius 1 is 0.900 bits per heavy atom. The van der Waals surface area contributed by atoms with E-state index in [9.17, 15) is 0 Å². The van der Waals surface area contributed by atoms with Crippen molar-refractivity contribution in [2.24, 2.45) is 11.8 Å². The SMILES string of the molecule is CC(C)[CH2][Al][CH2]C(C)C.F. The molecule has 0 saturated carbocycles.